The van der Waals surface area contributed by atoms with Crippen molar-refractivity contribution in [3.05, 3.63) is 17.9 Å². The van der Waals surface area contributed by atoms with Gasteiger partial charge in [0.25, 0.3) is 0 Å². The van der Waals surface area contributed by atoms with Gasteiger partial charge in [0.15, 0.2) is 11.8 Å². The summed E-state index contributed by atoms with van der Waals surface area (Å²) in [5, 5.41) is 11.4. The lowest BCUT2D eigenvalue weighted by Crippen LogP contribution is -2.23. The Balaban J connectivity index is 4.15. The van der Waals surface area contributed by atoms with Crippen LogP contribution in [0.4, 0.5) is 0 Å². The van der Waals surface area contributed by atoms with Crippen LogP contribution in [-0.4, -0.2) is 29.6 Å². The molecule has 0 amide bonds. The summed E-state index contributed by atoms with van der Waals surface area (Å²) in [6.07, 6.45) is 2.25. The van der Waals surface area contributed by atoms with Crippen LogP contribution in [0.5, 0.6) is 0 Å². The molecule has 0 aromatic rings. The molecule has 0 radical (unpaired) electrons. The number of allylic oxidation sites excluding steroid dienone is 1. The molecule has 4 nitrogen and oxygen atoms in total. The van der Waals surface area contributed by atoms with Crippen LogP contribution in [0, 0.1) is 5.21 Å². The molecule has 0 heterocycles. The van der Waals surface area contributed by atoms with Crippen LogP contribution < -0.4 is 0 Å². The number of nitrogens with zero attached hydrogens (tertiary/aromatic N) is 1. The molecule has 14 heavy (non-hydrogen) atoms. The monoisotopic (exact) mass is 199 g/mol. The third kappa shape index (κ3) is 4.07. The van der Waals surface area contributed by atoms with Crippen molar-refractivity contribution in [2.75, 3.05) is 7.11 Å². The molecular weight excluding hydrogens is 182 g/mol. The van der Waals surface area contributed by atoms with Gasteiger partial charge in [-0.3, -0.25) is 4.79 Å². The van der Waals surface area contributed by atoms with Crippen LogP contribution >= 0.6 is 0 Å². The summed E-state index contributed by atoms with van der Waals surface area (Å²) in [4.78, 5) is 10.8. The minimum atomic E-state index is -0.290. The van der Waals surface area contributed by atoms with Gasteiger partial charge in [-0.05, 0) is 13.0 Å². The summed E-state index contributed by atoms with van der Waals surface area (Å²) in [6.45, 7) is 6.96. The van der Waals surface area contributed by atoms with Crippen molar-refractivity contribution in [1.82, 2.24) is 0 Å². The average Bonchev–Trinajstić information content (AvgIpc) is 2.22. The van der Waals surface area contributed by atoms with E-state index in [1.165, 1.54) is 13.2 Å². The molecular formula is C10H17NO3. The molecule has 80 valence electrons. The molecule has 0 aliphatic carbocycles. The highest BCUT2D eigenvalue weighted by atomic mass is 16.5. The Morgan fingerprint density at radius 3 is 2.71 bits per heavy atom. The molecule has 4 heteroatoms. The summed E-state index contributed by atoms with van der Waals surface area (Å²) in [5.74, 6) is -0.290. The van der Waals surface area contributed by atoms with Crippen LogP contribution in [0.3, 0.4) is 0 Å². The first-order valence-electron chi connectivity index (χ1n) is 4.52. The molecule has 0 bridgehead atoms. The maximum atomic E-state index is 11.4. The number of hydroxylamine groups is 1. The zero-order chi connectivity index (χ0) is 11.1. The Kier molecular flexibility index (Phi) is 5.60. The second kappa shape index (κ2) is 6.18. The van der Waals surface area contributed by atoms with E-state index in [2.05, 4.69) is 11.3 Å². The van der Waals surface area contributed by atoms with Gasteiger partial charge < -0.3 is 9.94 Å². The minimum Gasteiger partial charge on any atom is -0.623 e. The van der Waals surface area contributed by atoms with Crippen molar-refractivity contribution in [1.29, 1.82) is 0 Å². The molecule has 0 aliphatic rings. The maximum absolute atomic E-state index is 11.4. The number of carbonyl (C=O) groups is 1. The average molecular weight is 199 g/mol. The topological polar surface area (TPSA) is 52.4 Å². The number of rotatable bonds is 5. The Morgan fingerprint density at radius 1 is 1.71 bits per heavy atom. The van der Waals surface area contributed by atoms with E-state index in [1.807, 2.05) is 0 Å². The molecule has 0 fully saturated rings. The Labute approximate surface area is 84.5 Å². The van der Waals surface area contributed by atoms with Gasteiger partial charge in [-0.25, -0.2) is 4.74 Å². The molecule has 0 spiro atoms. The lowest BCUT2D eigenvalue weighted by atomic mass is 10.2. The summed E-state index contributed by atoms with van der Waals surface area (Å²) in [6, 6.07) is -0.230. The predicted octanol–water partition coefficient (Wildman–Crippen LogP) is 1.49. The van der Waals surface area contributed by atoms with Crippen LogP contribution in [0.1, 0.15) is 26.7 Å². The zero-order valence-electron chi connectivity index (χ0n) is 8.95. The lowest BCUT2D eigenvalue weighted by molar-refractivity contribution is -0.497. The number of hydrogen-bond donors (Lipinski definition) is 0. The Bertz CT molecular complexity index is 246. The highest BCUT2D eigenvalue weighted by Gasteiger charge is 2.13. The van der Waals surface area contributed by atoms with Crippen molar-refractivity contribution < 1.29 is 14.3 Å². The fraction of sp³-hybridized carbons (Fsp3) is 0.600. The molecule has 0 saturated carbocycles. The van der Waals surface area contributed by atoms with E-state index in [4.69, 9.17) is 0 Å². The van der Waals surface area contributed by atoms with Gasteiger partial charge in [0.2, 0.25) is 0 Å². The Morgan fingerprint density at radius 2 is 2.29 bits per heavy atom. The third-order valence-corrected chi connectivity index (χ3v) is 2.04. The second-order valence-electron chi connectivity index (χ2n) is 3.14. The molecule has 1 atom stereocenters. The van der Waals surface area contributed by atoms with Gasteiger partial charge in [-0.2, -0.15) is 0 Å². The van der Waals surface area contributed by atoms with E-state index >= 15 is 0 Å². The number of methoxy groups -OCH3 is 1. The van der Waals surface area contributed by atoms with Crippen molar-refractivity contribution in [2.45, 2.75) is 32.7 Å². The molecule has 0 saturated heterocycles. The van der Waals surface area contributed by atoms with Crippen molar-refractivity contribution in [3.8, 4) is 0 Å². The smallest absolute Gasteiger partial charge is 0.305 e. The molecule has 0 aromatic heterocycles. The number of hydrogen-bond acceptors (Lipinski definition) is 3. The van der Waals surface area contributed by atoms with Crippen LogP contribution in [-0.2, 0) is 9.53 Å². The van der Waals surface area contributed by atoms with Crippen molar-refractivity contribution in [3.63, 3.8) is 0 Å². The molecule has 0 aromatic carbocycles. The quantitative estimate of drug-likeness (QED) is 0.221. The van der Waals surface area contributed by atoms with E-state index in [0.29, 0.717) is 12.1 Å². The number of ether oxygens (including phenoxy) is 1. The van der Waals surface area contributed by atoms with Crippen LogP contribution in [0.25, 0.3) is 0 Å². The second-order valence-corrected chi connectivity index (χ2v) is 3.14. The van der Waals surface area contributed by atoms with E-state index in [0.717, 1.165) is 4.74 Å². The summed E-state index contributed by atoms with van der Waals surface area (Å²) < 4.78 is 5.34. The zero-order valence-corrected chi connectivity index (χ0v) is 8.95. The van der Waals surface area contributed by atoms with E-state index < -0.39 is 0 Å². The summed E-state index contributed by atoms with van der Waals surface area (Å²) in [5.41, 5.74) is 0.558. The van der Waals surface area contributed by atoms with Gasteiger partial charge in [-0.1, -0.05) is 6.58 Å². The standard InChI is InChI=1S/C10H17NO3/c1-5-8(2)11(13)9(3)6-7-10(12)14-4/h5,9H,1,6-7H2,2-4H3/b11-8+. The van der Waals surface area contributed by atoms with Crippen molar-refractivity contribution in [2.24, 2.45) is 0 Å². The number of esters is 1. The Hall–Kier alpha value is -1.32. The van der Waals surface area contributed by atoms with Gasteiger partial charge >= 0.3 is 5.97 Å². The first-order valence-corrected chi connectivity index (χ1v) is 4.52. The normalized spacial score (nSPS) is 14.2. The van der Waals surface area contributed by atoms with Gasteiger partial charge in [0, 0.05) is 13.3 Å². The van der Waals surface area contributed by atoms with E-state index in [9.17, 15) is 10.0 Å². The fourth-order valence-electron chi connectivity index (χ4n) is 0.984. The van der Waals surface area contributed by atoms with Gasteiger partial charge in [-0.15, -0.1) is 0 Å². The first kappa shape index (κ1) is 12.7. The molecule has 0 rings (SSSR count). The number of carbonyl (C=O) groups excluding carboxylic acids is 1. The highest BCUT2D eigenvalue weighted by Crippen LogP contribution is 2.02. The van der Waals surface area contributed by atoms with Gasteiger partial charge in [0.1, 0.15) is 0 Å². The predicted molar refractivity (Wildman–Crippen MR) is 55.2 cm³/mol. The SMILES string of the molecule is C=C/C(C)=[N+](/[O-])C(C)CCC(=O)OC. The van der Waals surface area contributed by atoms with E-state index in [-0.39, 0.29) is 18.4 Å². The maximum Gasteiger partial charge on any atom is 0.305 e. The first-order chi connectivity index (χ1) is 6.52. The van der Waals surface area contributed by atoms with Crippen LogP contribution in [0.15, 0.2) is 12.7 Å². The van der Waals surface area contributed by atoms with Crippen molar-refractivity contribution >= 4 is 11.7 Å². The molecule has 1 unspecified atom stereocenters. The lowest BCUT2D eigenvalue weighted by Gasteiger charge is -2.13. The van der Waals surface area contributed by atoms with Crippen LogP contribution in [0.2, 0.25) is 0 Å². The minimum absolute atomic E-state index is 0.230. The highest BCUT2D eigenvalue weighted by molar-refractivity contribution is 5.87. The van der Waals surface area contributed by atoms with Gasteiger partial charge in [0.05, 0.1) is 13.5 Å². The molecule has 0 N–H and O–H groups in total. The summed E-state index contributed by atoms with van der Waals surface area (Å²) >= 11 is 0. The molecule has 0 aliphatic heterocycles. The largest absolute Gasteiger partial charge is 0.623 e. The fourth-order valence-corrected chi connectivity index (χ4v) is 0.984. The third-order valence-electron chi connectivity index (χ3n) is 2.04. The van der Waals surface area contributed by atoms with E-state index in [1.54, 1.807) is 13.8 Å². The summed E-state index contributed by atoms with van der Waals surface area (Å²) in [7, 11) is 1.34.